The van der Waals surface area contributed by atoms with Gasteiger partial charge in [0.05, 0.1) is 16.9 Å². The highest BCUT2D eigenvalue weighted by molar-refractivity contribution is 7.91. The van der Waals surface area contributed by atoms with E-state index < -0.39 is 9.84 Å². The molecule has 0 amide bonds. The molecule has 2 rings (SSSR count). The predicted octanol–water partition coefficient (Wildman–Crippen LogP) is 1.92. The molecule has 0 radical (unpaired) electrons. The predicted molar refractivity (Wildman–Crippen MR) is 62.7 cm³/mol. The number of hydrogen-bond acceptors (Lipinski definition) is 4. The van der Waals surface area contributed by atoms with Crippen LogP contribution in [0.25, 0.3) is 0 Å². The molecule has 0 unspecified atom stereocenters. The van der Waals surface area contributed by atoms with E-state index in [1.54, 1.807) is 12.1 Å². The van der Waals surface area contributed by atoms with Crippen molar-refractivity contribution < 1.29 is 13.2 Å². The molecule has 1 aromatic heterocycles. The van der Waals surface area contributed by atoms with Crippen LogP contribution in [0.1, 0.15) is 0 Å². The van der Waals surface area contributed by atoms with E-state index in [0.29, 0.717) is 5.75 Å². The van der Waals surface area contributed by atoms with Gasteiger partial charge in [-0.2, -0.15) is 0 Å². The van der Waals surface area contributed by atoms with E-state index in [4.69, 9.17) is 4.74 Å². The normalized spacial score (nSPS) is 11.1. The van der Waals surface area contributed by atoms with E-state index in [0.717, 1.165) is 0 Å². The van der Waals surface area contributed by atoms with Gasteiger partial charge in [0.2, 0.25) is 9.84 Å². The van der Waals surface area contributed by atoms with Crippen LogP contribution in [0.15, 0.2) is 58.6 Å². The van der Waals surface area contributed by atoms with Crippen molar-refractivity contribution >= 4 is 9.84 Å². The second-order valence-electron chi connectivity index (χ2n) is 3.36. The Balaban J connectivity index is 2.45. The number of aromatic nitrogens is 1. The minimum atomic E-state index is -3.46. The summed E-state index contributed by atoms with van der Waals surface area (Å²) in [5.41, 5.74) is 0. The monoisotopic (exact) mass is 249 g/mol. The van der Waals surface area contributed by atoms with Crippen molar-refractivity contribution in [3.8, 4) is 5.75 Å². The summed E-state index contributed by atoms with van der Waals surface area (Å²) in [6, 6.07) is 9.23. The third kappa shape index (κ3) is 2.29. The Morgan fingerprint density at radius 3 is 2.00 bits per heavy atom. The maximum Gasteiger partial charge on any atom is 0.206 e. The minimum Gasteiger partial charge on any atom is -0.497 e. The Hall–Kier alpha value is -1.88. The molecule has 1 heterocycles. The SMILES string of the molecule is COc1ccc(S(=O)(=O)c2ccncc2)cc1. The van der Waals surface area contributed by atoms with E-state index in [1.165, 1.54) is 43.8 Å². The summed E-state index contributed by atoms with van der Waals surface area (Å²) in [6.45, 7) is 0. The van der Waals surface area contributed by atoms with Crippen LogP contribution >= 0.6 is 0 Å². The summed E-state index contributed by atoms with van der Waals surface area (Å²) < 4.78 is 29.3. The van der Waals surface area contributed by atoms with Crippen LogP contribution in [0.3, 0.4) is 0 Å². The molecule has 0 bridgehead atoms. The van der Waals surface area contributed by atoms with E-state index in [9.17, 15) is 8.42 Å². The molecule has 0 aliphatic rings. The maximum absolute atomic E-state index is 12.2. The highest BCUT2D eigenvalue weighted by Gasteiger charge is 2.16. The van der Waals surface area contributed by atoms with Gasteiger partial charge in [0, 0.05) is 12.4 Å². The second kappa shape index (κ2) is 4.55. The van der Waals surface area contributed by atoms with E-state index in [-0.39, 0.29) is 9.79 Å². The highest BCUT2D eigenvalue weighted by atomic mass is 32.2. The summed E-state index contributed by atoms with van der Waals surface area (Å²) in [4.78, 5) is 4.27. The molecule has 0 aliphatic carbocycles. The molecule has 88 valence electrons. The lowest BCUT2D eigenvalue weighted by Crippen LogP contribution is -2.01. The van der Waals surface area contributed by atoms with E-state index in [1.807, 2.05) is 0 Å². The number of methoxy groups -OCH3 is 1. The first-order valence-corrected chi connectivity index (χ1v) is 6.42. The van der Waals surface area contributed by atoms with Gasteiger partial charge < -0.3 is 4.74 Å². The number of hydrogen-bond donors (Lipinski definition) is 0. The zero-order chi connectivity index (χ0) is 12.3. The molecule has 1 aromatic carbocycles. The molecule has 17 heavy (non-hydrogen) atoms. The van der Waals surface area contributed by atoms with Crippen molar-refractivity contribution in [3.63, 3.8) is 0 Å². The van der Waals surface area contributed by atoms with Crippen LogP contribution in [-0.4, -0.2) is 20.5 Å². The quantitative estimate of drug-likeness (QED) is 0.834. The van der Waals surface area contributed by atoms with Gasteiger partial charge in [-0.05, 0) is 36.4 Å². The first-order chi connectivity index (χ1) is 8.14. The highest BCUT2D eigenvalue weighted by Crippen LogP contribution is 2.22. The number of benzene rings is 1. The van der Waals surface area contributed by atoms with Crippen LogP contribution in [0.2, 0.25) is 0 Å². The van der Waals surface area contributed by atoms with Gasteiger partial charge in [-0.25, -0.2) is 8.42 Å². The Kier molecular flexibility index (Phi) is 3.10. The Morgan fingerprint density at radius 2 is 1.47 bits per heavy atom. The molecule has 2 aromatic rings. The third-order valence-corrected chi connectivity index (χ3v) is 4.12. The molecule has 0 spiro atoms. The van der Waals surface area contributed by atoms with Gasteiger partial charge in [-0.1, -0.05) is 0 Å². The minimum absolute atomic E-state index is 0.234. The van der Waals surface area contributed by atoms with Gasteiger partial charge in [0.15, 0.2) is 0 Å². The zero-order valence-electron chi connectivity index (χ0n) is 9.20. The second-order valence-corrected chi connectivity index (χ2v) is 5.31. The lowest BCUT2D eigenvalue weighted by atomic mass is 10.3. The van der Waals surface area contributed by atoms with Gasteiger partial charge >= 0.3 is 0 Å². The summed E-state index contributed by atoms with van der Waals surface area (Å²) in [5, 5.41) is 0. The first kappa shape index (κ1) is 11.6. The van der Waals surface area contributed by atoms with Gasteiger partial charge in [-0.3, -0.25) is 4.98 Å². The van der Waals surface area contributed by atoms with Crippen molar-refractivity contribution in [2.24, 2.45) is 0 Å². The van der Waals surface area contributed by atoms with Crippen LogP contribution < -0.4 is 4.74 Å². The fraction of sp³-hybridized carbons (Fsp3) is 0.0833. The van der Waals surface area contributed by atoms with E-state index in [2.05, 4.69) is 4.98 Å². The molecule has 4 nitrogen and oxygen atoms in total. The number of sulfone groups is 1. The van der Waals surface area contributed by atoms with Crippen LogP contribution in [0, 0.1) is 0 Å². The fourth-order valence-electron chi connectivity index (χ4n) is 1.41. The summed E-state index contributed by atoms with van der Waals surface area (Å²) in [5.74, 6) is 0.624. The molecule has 0 fully saturated rings. The van der Waals surface area contributed by atoms with E-state index >= 15 is 0 Å². The Bertz CT molecular complexity index is 591. The Labute approximate surface area is 99.8 Å². The van der Waals surface area contributed by atoms with Gasteiger partial charge in [0.1, 0.15) is 5.75 Å². The molecular formula is C12H11NO3S. The number of rotatable bonds is 3. The van der Waals surface area contributed by atoms with Gasteiger partial charge in [-0.15, -0.1) is 0 Å². The average Bonchev–Trinajstić information content (AvgIpc) is 2.40. The lowest BCUT2D eigenvalue weighted by Gasteiger charge is -2.05. The topological polar surface area (TPSA) is 56.3 Å². The van der Waals surface area contributed by atoms with Crippen molar-refractivity contribution in [3.05, 3.63) is 48.8 Å². The largest absolute Gasteiger partial charge is 0.497 e. The molecular weight excluding hydrogens is 238 g/mol. The Morgan fingerprint density at radius 1 is 0.941 bits per heavy atom. The zero-order valence-corrected chi connectivity index (χ0v) is 10.0. The van der Waals surface area contributed by atoms with Crippen molar-refractivity contribution in [1.82, 2.24) is 4.98 Å². The van der Waals surface area contributed by atoms with Crippen molar-refractivity contribution in [2.75, 3.05) is 7.11 Å². The summed E-state index contributed by atoms with van der Waals surface area (Å²) in [7, 11) is -1.93. The van der Waals surface area contributed by atoms with Crippen LogP contribution in [0.5, 0.6) is 5.75 Å². The van der Waals surface area contributed by atoms with Crippen molar-refractivity contribution in [1.29, 1.82) is 0 Å². The number of nitrogens with zero attached hydrogens (tertiary/aromatic N) is 1. The van der Waals surface area contributed by atoms with Gasteiger partial charge in [0.25, 0.3) is 0 Å². The number of ether oxygens (including phenoxy) is 1. The van der Waals surface area contributed by atoms with Crippen LogP contribution in [-0.2, 0) is 9.84 Å². The molecule has 5 heteroatoms. The average molecular weight is 249 g/mol. The maximum atomic E-state index is 12.2. The summed E-state index contributed by atoms with van der Waals surface area (Å²) >= 11 is 0. The molecule has 0 saturated heterocycles. The fourth-order valence-corrected chi connectivity index (χ4v) is 2.65. The molecule has 0 aliphatic heterocycles. The first-order valence-electron chi connectivity index (χ1n) is 4.94. The third-order valence-electron chi connectivity index (χ3n) is 2.33. The standard InChI is InChI=1S/C12H11NO3S/c1-16-10-2-4-11(5-3-10)17(14,15)12-6-8-13-9-7-12/h2-9H,1H3. The van der Waals surface area contributed by atoms with Crippen LogP contribution in [0.4, 0.5) is 0 Å². The summed E-state index contributed by atoms with van der Waals surface area (Å²) in [6.07, 6.45) is 2.91. The molecule has 0 N–H and O–H groups in total. The smallest absolute Gasteiger partial charge is 0.206 e. The molecule has 0 atom stereocenters. The van der Waals surface area contributed by atoms with Crippen molar-refractivity contribution in [2.45, 2.75) is 9.79 Å². The number of pyridine rings is 1. The molecule has 0 saturated carbocycles. The lowest BCUT2D eigenvalue weighted by molar-refractivity contribution is 0.414.